The van der Waals surface area contributed by atoms with Crippen molar-refractivity contribution in [1.82, 2.24) is 10.2 Å². The van der Waals surface area contributed by atoms with Gasteiger partial charge in [0.25, 0.3) is 0 Å². The molecule has 84 valence electrons. The van der Waals surface area contributed by atoms with Crippen LogP contribution >= 0.6 is 0 Å². The van der Waals surface area contributed by atoms with Crippen LogP contribution in [0.1, 0.15) is 37.4 Å². The molecule has 2 rings (SSSR count). The van der Waals surface area contributed by atoms with Crippen LogP contribution in [0, 0.1) is 6.92 Å². The fourth-order valence-electron chi connectivity index (χ4n) is 1.78. The molecule has 1 unspecified atom stereocenters. The van der Waals surface area contributed by atoms with Crippen molar-refractivity contribution < 1.29 is 0 Å². The second-order valence-corrected chi connectivity index (χ2v) is 4.37. The molecule has 2 heteroatoms. The highest BCUT2D eigenvalue weighted by Gasteiger charge is 2.04. The normalized spacial score (nSPS) is 12.7. The van der Waals surface area contributed by atoms with Gasteiger partial charge in [-0.1, -0.05) is 38.1 Å². The maximum atomic E-state index is 4.26. The predicted molar refractivity (Wildman–Crippen MR) is 67.5 cm³/mol. The molecule has 1 atom stereocenters. The van der Waals surface area contributed by atoms with Gasteiger partial charge in [0.05, 0.1) is 5.69 Å². The second-order valence-electron chi connectivity index (χ2n) is 4.37. The number of aryl methyl sites for hydroxylation is 1. The van der Waals surface area contributed by atoms with E-state index in [1.165, 1.54) is 17.5 Å². The van der Waals surface area contributed by atoms with Crippen molar-refractivity contribution in [3.8, 4) is 11.3 Å². The van der Waals surface area contributed by atoms with Crippen LogP contribution in [0.25, 0.3) is 11.3 Å². The van der Waals surface area contributed by atoms with Crippen LogP contribution in [0.3, 0.4) is 0 Å². The monoisotopic (exact) mass is 214 g/mol. The van der Waals surface area contributed by atoms with Crippen LogP contribution in [0.5, 0.6) is 0 Å². The number of aromatic amines is 1. The third-order valence-electron chi connectivity index (χ3n) is 3.09. The molecule has 0 saturated heterocycles. The van der Waals surface area contributed by atoms with Gasteiger partial charge >= 0.3 is 0 Å². The molecule has 0 aliphatic rings. The Morgan fingerprint density at radius 2 is 1.94 bits per heavy atom. The summed E-state index contributed by atoms with van der Waals surface area (Å²) in [6.45, 7) is 6.49. The maximum absolute atomic E-state index is 4.26. The number of benzene rings is 1. The lowest BCUT2D eigenvalue weighted by atomic mass is 9.97. The van der Waals surface area contributed by atoms with Gasteiger partial charge in [0.1, 0.15) is 0 Å². The van der Waals surface area contributed by atoms with Gasteiger partial charge in [0.15, 0.2) is 0 Å². The fourth-order valence-corrected chi connectivity index (χ4v) is 1.78. The maximum Gasteiger partial charge on any atom is 0.0923 e. The molecular formula is C14H18N2. The molecule has 1 aromatic heterocycles. The molecule has 0 aliphatic carbocycles. The first-order valence-electron chi connectivity index (χ1n) is 5.83. The molecule has 0 fully saturated rings. The van der Waals surface area contributed by atoms with Gasteiger partial charge in [-0.3, -0.25) is 5.10 Å². The number of H-pyrrole nitrogens is 1. The van der Waals surface area contributed by atoms with Crippen LogP contribution in [-0.4, -0.2) is 10.2 Å². The van der Waals surface area contributed by atoms with E-state index >= 15 is 0 Å². The summed E-state index contributed by atoms with van der Waals surface area (Å²) in [7, 11) is 0. The molecule has 1 aromatic carbocycles. The Balaban J connectivity index is 2.25. The van der Waals surface area contributed by atoms with E-state index in [2.05, 4.69) is 54.4 Å². The zero-order valence-corrected chi connectivity index (χ0v) is 10.1. The van der Waals surface area contributed by atoms with E-state index in [9.17, 15) is 0 Å². The fraction of sp³-hybridized carbons (Fsp3) is 0.357. The van der Waals surface area contributed by atoms with Crippen LogP contribution < -0.4 is 0 Å². The number of aromatic nitrogens is 2. The average molecular weight is 214 g/mol. The lowest BCUT2D eigenvalue weighted by Crippen LogP contribution is -1.90. The van der Waals surface area contributed by atoms with Gasteiger partial charge in [-0.25, -0.2) is 0 Å². The Hall–Kier alpha value is -1.57. The van der Waals surface area contributed by atoms with Crippen molar-refractivity contribution in [1.29, 1.82) is 0 Å². The van der Waals surface area contributed by atoms with Crippen LogP contribution in [0.15, 0.2) is 30.3 Å². The van der Waals surface area contributed by atoms with Crippen molar-refractivity contribution in [2.75, 3.05) is 0 Å². The Morgan fingerprint density at radius 1 is 1.25 bits per heavy atom. The summed E-state index contributed by atoms with van der Waals surface area (Å²) in [5.41, 5.74) is 4.70. The Morgan fingerprint density at radius 3 is 2.44 bits per heavy atom. The van der Waals surface area contributed by atoms with E-state index in [-0.39, 0.29) is 0 Å². The lowest BCUT2D eigenvalue weighted by Gasteiger charge is -2.08. The van der Waals surface area contributed by atoms with Crippen LogP contribution in [-0.2, 0) is 0 Å². The molecule has 16 heavy (non-hydrogen) atoms. The van der Waals surface area contributed by atoms with Crippen molar-refractivity contribution >= 4 is 0 Å². The van der Waals surface area contributed by atoms with E-state index in [0.29, 0.717) is 5.92 Å². The number of hydrogen-bond donors (Lipinski definition) is 1. The molecule has 0 saturated carbocycles. The molecule has 0 spiro atoms. The SMILES string of the molecule is CCC(C)c1ccc(-c2cc(C)[nH]n2)cc1. The predicted octanol–water partition coefficient (Wildman–Crippen LogP) is 3.90. The largest absolute Gasteiger partial charge is 0.282 e. The Bertz CT molecular complexity index is 454. The van der Waals surface area contributed by atoms with E-state index in [4.69, 9.17) is 0 Å². The van der Waals surface area contributed by atoms with Crippen molar-refractivity contribution in [2.45, 2.75) is 33.1 Å². The smallest absolute Gasteiger partial charge is 0.0923 e. The van der Waals surface area contributed by atoms with E-state index in [1.54, 1.807) is 0 Å². The summed E-state index contributed by atoms with van der Waals surface area (Å²) in [5.74, 6) is 0.634. The summed E-state index contributed by atoms with van der Waals surface area (Å²) >= 11 is 0. The first-order chi connectivity index (χ1) is 7.70. The van der Waals surface area contributed by atoms with Gasteiger partial charge in [-0.05, 0) is 30.9 Å². The molecule has 0 bridgehead atoms. The highest BCUT2D eigenvalue weighted by Crippen LogP contribution is 2.23. The molecule has 0 aliphatic heterocycles. The minimum atomic E-state index is 0.634. The number of nitrogens with zero attached hydrogens (tertiary/aromatic N) is 1. The summed E-state index contributed by atoms with van der Waals surface area (Å²) in [6.07, 6.45) is 1.18. The summed E-state index contributed by atoms with van der Waals surface area (Å²) in [5, 5.41) is 7.22. The van der Waals surface area contributed by atoms with Crippen molar-refractivity contribution in [2.24, 2.45) is 0 Å². The zero-order chi connectivity index (χ0) is 11.5. The molecular weight excluding hydrogens is 196 g/mol. The number of rotatable bonds is 3. The summed E-state index contributed by atoms with van der Waals surface area (Å²) in [4.78, 5) is 0. The van der Waals surface area contributed by atoms with E-state index in [1.807, 2.05) is 6.92 Å². The van der Waals surface area contributed by atoms with Gasteiger partial charge in [0.2, 0.25) is 0 Å². The standard InChI is InChI=1S/C14H18N2/c1-4-10(2)12-5-7-13(8-6-12)14-9-11(3)15-16-14/h5-10H,4H2,1-3H3,(H,15,16). The zero-order valence-electron chi connectivity index (χ0n) is 10.1. The molecule has 1 heterocycles. The lowest BCUT2D eigenvalue weighted by molar-refractivity contribution is 0.734. The van der Waals surface area contributed by atoms with E-state index in [0.717, 1.165) is 11.4 Å². The summed E-state index contributed by atoms with van der Waals surface area (Å²) < 4.78 is 0. The van der Waals surface area contributed by atoms with Crippen LogP contribution in [0.4, 0.5) is 0 Å². The topological polar surface area (TPSA) is 28.7 Å². The first kappa shape index (κ1) is 10.9. The molecule has 0 amide bonds. The molecule has 1 N–H and O–H groups in total. The summed E-state index contributed by atoms with van der Waals surface area (Å²) in [6, 6.07) is 10.8. The molecule has 2 aromatic rings. The van der Waals surface area contributed by atoms with Gasteiger partial charge < -0.3 is 0 Å². The number of hydrogen-bond acceptors (Lipinski definition) is 1. The Labute approximate surface area is 96.7 Å². The van der Waals surface area contributed by atoms with Gasteiger partial charge in [-0.15, -0.1) is 0 Å². The highest BCUT2D eigenvalue weighted by molar-refractivity contribution is 5.59. The Kier molecular flexibility index (Phi) is 3.09. The highest BCUT2D eigenvalue weighted by atomic mass is 15.1. The number of nitrogens with one attached hydrogen (secondary N) is 1. The minimum Gasteiger partial charge on any atom is -0.282 e. The van der Waals surface area contributed by atoms with E-state index < -0.39 is 0 Å². The average Bonchev–Trinajstić information content (AvgIpc) is 2.75. The van der Waals surface area contributed by atoms with Crippen LogP contribution in [0.2, 0.25) is 0 Å². The second kappa shape index (κ2) is 4.52. The first-order valence-corrected chi connectivity index (χ1v) is 5.83. The quantitative estimate of drug-likeness (QED) is 0.824. The molecule has 0 radical (unpaired) electrons. The minimum absolute atomic E-state index is 0.634. The third kappa shape index (κ3) is 2.16. The van der Waals surface area contributed by atoms with Crippen molar-refractivity contribution in [3.05, 3.63) is 41.6 Å². The van der Waals surface area contributed by atoms with Gasteiger partial charge in [-0.2, -0.15) is 5.10 Å². The molecule has 2 nitrogen and oxygen atoms in total. The van der Waals surface area contributed by atoms with Gasteiger partial charge in [0, 0.05) is 11.3 Å². The third-order valence-corrected chi connectivity index (χ3v) is 3.09. The van der Waals surface area contributed by atoms with Crippen molar-refractivity contribution in [3.63, 3.8) is 0 Å².